The highest BCUT2D eigenvalue weighted by atomic mass is 16.7. The molecule has 2 heterocycles. The third kappa shape index (κ3) is 4.31. The summed E-state index contributed by atoms with van der Waals surface area (Å²) >= 11 is 0. The molecule has 0 aromatic rings. The second-order valence-corrected chi connectivity index (χ2v) is 6.26. The topological polar surface area (TPSA) is 198 Å². The zero-order valence-corrected chi connectivity index (χ0v) is 14.0. The minimum Gasteiger partial charge on any atom is -0.394 e. The van der Waals surface area contributed by atoms with E-state index in [-0.39, 0.29) is 0 Å². The van der Waals surface area contributed by atoms with Crippen molar-refractivity contribution in [1.82, 2.24) is 5.32 Å². The lowest BCUT2D eigenvalue weighted by Gasteiger charge is -2.46. The average Bonchev–Trinajstić information content (AvgIpc) is 2.60. The Morgan fingerprint density at radius 1 is 0.923 bits per heavy atom. The SMILES string of the molecule is CC(=O)N[C@H]1[C@H](O)[C@H](O[C@@H]2O[C@@H](CO)[C@H](O)[C@@H](O)[C@H]2O)[C@@H](CO)O[C@H]1O. The number of ether oxygens (including phenoxy) is 3. The molecule has 10 atom stereocenters. The summed E-state index contributed by atoms with van der Waals surface area (Å²) in [7, 11) is 0. The number of aliphatic hydroxyl groups excluding tert-OH is 7. The van der Waals surface area contributed by atoms with E-state index in [4.69, 9.17) is 14.2 Å². The molecule has 2 saturated heterocycles. The highest BCUT2D eigenvalue weighted by Crippen LogP contribution is 2.28. The second-order valence-electron chi connectivity index (χ2n) is 6.26. The van der Waals surface area contributed by atoms with Crippen molar-refractivity contribution in [3.05, 3.63) is 0 Å². The standard InChI is InChI=1S/C14H25NO11/c1-4(18)15-7-9(20)12(6(3-17)24-13(7)23)26-14-11(22)10(21)8(19)5(2-16)25-14/h5-14,16-17,19-23H,2-3H2,1H3,(H,15,18)/t5-,6+,7-,8-,9-,10+,11+,12+,13+,14-/m0/s1. The van der Waals surface area contributed by atoms with Crippen molar-refractivity contribution in [1.29, 1.82) is 0 Å². The summed E-state index contributed by atoms with van der Waals surface area (Å²) in [6.45, 7) is -0.195. The van der Waals surface area contributed by atoms with Crippen LogP contribution >= 0.6 is 0 Å². The molecule has 0 bridgehead atoms. The Morgan fingerprint density at radius 3 is 2.08 bits per heavy atom. The molecule has 0 aromatic carbocycles. The lowest BCUT2D eigenvalue weighted by atomic mass is 9.95. The summed E-state index contributed by atoms with van der Waals surface area (Å²) in [5, 5.41) is 70.7. The van der Waals surface area contributed by atoms with Crippen LogP contribution in [0.15, 0.2) is 0 Å². The van der Waals surface area contributed by atoms with E-state index < -0.39 is 80.5 Å². The minimum absolute atomic E-state index is 0.564. The molecule has 12 nitrogen and oxygen atoms in total. The van der Waals surface area contributed by atoms with Crippen molar-refractivity contribution >= 4 is 5.91 Å². The van der Waals surface area contributed by atoms with E-state index in [0.717, 1.165) is 6.92 Å². The molecule has 2 aliphatic rings. The normalized spacial score (nSPS) is 46.8. The molecule has 2 rings (SSSR count). The van der Waals surface area contributed by atoms with Gasteiger partial charge in [0.2, 0.25) is 5.91 Å². The smallest absolute Gasteiger partial charge is 0.217 e. The van der Waals surface area contributed by atoms with Gasteiger partial charge in [0, 0.05) is 6.92 Å². The van der Waals surface area contributed by atoms with Crippen molar-refractivity contribution in [3.8, 4) is 0 Å². The van der Waals surface area contributed by atoms with Crippen LogP contribution in [0.5, 0.6) is 0 Å². The first kappa shape index (κ1) is 21.4. The third-order valence-corrected chi connectivity index (χ3v) is 4.38. The summed E-state index contributed by atoms with van der Waals surface area (Å²) < 4.78 is 15.7. The van der Waals surface area contributed by atoms with Gasteiger partial charge >= 0.3 is 0 Å². The van der Waals surface area contributed by atoms with Crippen LogP contribution < -0.4 is 5.32 Å². The average molecular weight is 383 g/mol. The van der Waals surface area contributed by atoms with Gasteiger partial charge in [-0.1, -0.05) is 0 Å². The fraction of sp³-hybridized carbons (Fsp3) is 0.929. The van der Waals surface area contributed by atoms with Gasteiger partial charge in [0.15, 0.2) is 12.6 Å². The second kappa shape index (κ2) is 8.84. The van der Waals surface area contributed by atoms with Crippen LogP contribution in [0.25, 0.3) is 0 Å². The van der Waals surface area contributed by atoms with Crippen LogP contribution in [-0.2, 0) is 19.0 Å². The van der Waals surface area contributed by atoms with Crippen molar-refractivity contribution in [3.63, 3.8) is 0 Å². The molecular formula is C14H25NO11. The van der Waals surface area contributed by atoms with Crippen LogP contribution in [0.1, 0.15) is 6.92 Å². The fourth-order valence-corrected chi connectivity index (χ4v) is 2.98. The van der Waals surface area contributed by atoms with Crippen LogP contribution in [0.3, 0.4) is 0 Å². The minimum atomic E-state index is -1.73. The number of amides is 1. The number of nitrogens with one attached hydrogen (secondary N) is 1. The molecule has 0 radical (unpaired) electrons. The lowest BCUT2D eigenvalue weighted by Crippen LogP contribution is -2.67. The zero-order valence-electron chi connectivity index (χ0n) is 14.0. The van der Waals surface area contributed by atoms with E-state index in [1.165, 1.54) is 0 Å². The van der Waals surface area contributed by atoms with Gasteiger partial charge in [-0.05, 0) is 0 Å². The molecule has 0 spiro atoms. The quantitative estimate of drug-likeness (QED) is 0.226. The molecular weight excluding hydrogens is 358 g/mol. The van der Waals surface area contributed by atoms with Crippen molar-refractivity contribution in [2.75, 3.05) is 13.2 Å². The molecule has 2 fully saturated rings. The van der Waals surface area contributed by atoms with Crippen LogP contribution in [-0.4, -0.2) is 116 Å². The predicted octanol–water partition coefficient (Wildman–Crippen LogP) is -5.25. The van der Waals surface area contributed by atoms with Gasteiger partial charge < -0.3 is 55.3 Å². The molecule has 1 amide bonds. The van der Waals surface area contributed by atoms with Crippen LogP contribution in [0.4, 0.5) is 0 Å². The van der Waals surface area contributed by atoms with Gasteiger partial charge in [0.25, 0.3) is 0 Å². The Morgan fingerprint density at radius 2 is 1.54 bits per heavy atom. The number of rotatable bonds is 5. The highest BCUT2D eigenvalue weighted by Gasteiger charge is 2.50. The highest BCUT2D eigenvalue weighted by molar-refractivity contribution is 5.73. The summed E-state index contributed by atoms with van der Waals surface area (Å²) in [6, 6.07) is -1.29. The fourth-order valence-electron chi connectivity index (χ4n) is 2.98. The van der Waals surface area contributed by atoms with E-state index in [1.807, 2.05) is 0 Å². The molecule has 152 valence electrons. The van der Waals surface area contributed by atoms with E-state index >= 15 is 0 Å². The summed E-state index contributed by atoms with van der Waals surface area (Å²) in [6.07, 6.45) is -13.6. The first-order chi connectivity index (χ1) is 12.2. The predicted molar refractivity (Wildman–Crippen MR) is 80.2 cm³/mol. The third-order valence-electron chi connectivity index (χ3n) is 4.38. The Bertz CT molecular complexity index is 478. The van der Waals surface area contributed by atoms with Crippen molar-refractivity contribution in [2.45, 2.75) is 68.3 Å². The van der Waals surface area contributed by atoms with Gasteiger partial charge in [-0.3, -0.25) is 4.79 Å². The molecule has 0 aromatic heterocycles. The molecule has 8 N–H and O–H groups in total. The molecule has 0 unspecified atom stereocenters. The Labute approximate surface area is 148 Å². The van der Waals surface area contributed by atoms with E-state index in [2.05, 4.69) is 5.32 Å². The first-order valence-electron chi connectivity index (χ1n) is 8.06. The maximum Gasteiger partial charge on any atom is 0.217 e. The monoisotopic (exact) mass is 383 g/mol. The number of hydrogen-bond donors (Lipinski definition) is 8. The molecule has 12 heteroatoms. The van der Waals surface area contributed by atoms with E-state index in [0.29, 0.717) is 0 Å². The maximum atomic E-state index is 11.2. The van der Waals surface area contributed by atoms with Crippen LogP contribution in [0.2, 0.25) is 0 Å². The zero-order chi connectivity index (χ0) is 19.6. The molecule has 0 saturated carbocycles. The number of aliphatic hydroxyl groups is 7. The Hall–Kier alpha value is -0.930. The van der Waals surface area contributed by atoms with Crippen molar-refractivity contribution < 1.29 is 54.8 Å². The van der Waals surface area contributed by atoms with E-state index in [1.54, 1.807) is 0 Å². The van der Waals surface area contributed by atoms with Crippen LogP contribution in [0, 0.1) is 0 Å². The lowest BCUT2D eigenvalue weighted by molar-refractivity contribution is -0.345. The Balaban J connectivity index is 2.16. The molecule has 2 aliphatic heterocycles. The van der Waals surface area contributed by atoms with Gasteiger partial charge in [0.05, 0.1) is 13.2 Å². The summed E-state index contributed by atoms with van der Waals surface area (Å²) in [5.74, 6) is -0.564. The van der Waals surface area contributed by atoms with Gasteiger partial charge in [-0.25, -0.2) is 0 Å². The first-order valence-corrected chi connectivity index (χ1v) is 8.06. The maximum absolute atomic E-state index is 11.2. The molecule has 0 aliphatic carbocycles. The van der Waals surface area contributed by atoms with Gasteiger partial charge in [0.1, 0.15) is 48.8 Å². The number of hydrogen-bond acceptors (Lipinski definition) is 11. The van der Waals surface area contributed by atoms with Crippen molar-refractivity contribution in [2.24, 2.45) is 0 Å². The molecule has 26 heavy (non-hydrogen) atoms. The summed E-state index contributed by atoms with van der Waals surface area (Å²) in [4.78, 5) is 11.2. The Kier molecular flexibility index (Phi) is 7.27. The number of carbonyl (C=O) groups excluding carboxylic acids is 1. The summed E-state index contributed by atoms with van der Waals surface area (Å²) in [5.41, 5.74) is 0. The largest absolute Gasteiger partial charge is 0.394 e. The number of carbonyl (C=O) groups is 1. The van der Waals surface area contributed by atoms with Gasteiger partial charge in [-0.15, -0.1) is 0 Å². The van der Waals surface area contributed by atoms with Gasteiger partial charge in [-0.2, -0.15) is 0 Å². The van der Waals surface area contributed by atoms with E-state index in [9.17, 15) is 40.5 Å².